The first-order valence-corrected chi connectivity index (χ1v) is 7.08. The van der Waals surface area contributed by atoms with Crippen LogP contribution in [0.4, 0.5) is 0 Å². The minimum absolute atomic E-state index is 0.262. The van der Waals surface area contributed by atoms with Gasteiger partial charge in [0, 0.05) is 0 Å². The molecule has 0 saturated carbocycles. The van der Waals surface area contributed by atoms with Gasteiger partial charge in [0.25, 0.3) is 0 Å². The molecule has 0 N–H and O–H groups in total. The highest BCUT2D eigenvalue weighted by molar-refractivity contribution is 5.38. The molecule has 0 radical (unpaired) electrons. The van der Waals surface area contributed by atoms with Gasteiger partial charge < -0.3 is 0 Å². The molecule has 0 nitrogen and oxygen atoms in total. The Morgan fingerprint density at radius 2 is 1.62 bits per heavy atom. The van der Waals surface area contributed by atoms with E-state index in [-0.39, 0.29) is 5.41 Å². The summed E-state index contributed by atoms with van der Waals surface area (Å²) >= 11 is 0. The number of unbranched alkanes of at least 4 members (excludes halogenated alkanes) is 2. The molecule has 0 aliphatic heterocycles. The van der Waals surface area contributed by atoms with Crippen LogP contribution >= 0.6 is 0 Å². The fourth-order valence-electron chi connectivity index (χ4n) is 2.38. The molecule has 0 heterocycles. The van der Waals surface area contributed by atoms with Gasteiger partial charge in [0.1, 0.15) is 0 Å². The van der Waals surface area contributed by atoms with Crippen molar-refractivity contribution in [3.05, 3.63) is 0 Å². The molecule has 1 atom stereocenters. The summed E-state index contributed by atoms with van der Waals surface area (Å²) in [6.45, 7) is 9.35. The van der Waals surface area contributed by atoms with Crippen LogP contribution in [0.3, 0.4) is 0 Å². The average molecular weight is 220 g/mol. The molecule has 0 spiro atoms. The first-order chi connectivity index (χ1) is 7.54. The van der Waals surface area contributed by atoms with E-state index in [1.165, 1.54) is 51.4 Å². The SMILES string of the molecule is CCCCCC(C)(CC)CCCC1(C)C#C1. The van der Waals surface area contributed by atoms with E-state index < -0.39 is 0 Å². The molecule has 16 heavy (non-hydrogen) atoms. The van der Waals surface area contributed by atoms with Crippen molar-refractivity contribution in [2.45, 2.75) is 79.1 Å². The summed E-state index contributed by atoms with van der Waals surface area (Å²) in [5, 5.41) is 0. The van der Waals surface area contributed by atoms with Crippen molar-refractivity contribution in [3.63, 3.8) is 0 Å². The van der Waals surface area contributed by atoms with E-state index in [1.807, 2.05) is 0 Å². The van der Waals surface area contributed by atoms with E-state index in [2.05, 4.69) is 39.5 Å². The average Bonchev–Trinajstić information content (AvgIpc) is 2.97. The maximum atomic E-state index is 3.22. The van der Waals surface area contributed by atoms with Gasteiger partial charge in [-0.05, 0) is 31.6 Å². The molecular weight excluding hydrogens is 192 g/mol. The van der Waals surface area contributed by atoms with Crippen LogP contribution < -0.4 is 0 Å². The minimum Gasteiger partial charge on any atom is -0.0821 e. The predicted molar refractivity (Wildman–Crippen MR) is 72.3 cm³/mol. The van der Waals surface area contributed by atoms with Gasteiger partial charge in [0.15, 0.2) is 0 Å². The van der Waals surface area contributed by atoms with E-state index >= 15 is 0 Å². The first-order valence-electron chi connectivity index (χ1n) is 7.08. The number of rotatable bonds is 9. The molecule has 1 aliphatic carbocycles. The summed E-state index contributed by atoms with van der Waals surface area (Å²) in [4.78, 5) is 0. The maximum absolute atomic E-state index is 3.22. The Hall–Kier alpha value is -0.440. The monoisotopic (exact) mass is 220 g/mol. The standard InChI is InChI=1S/C16H28/c1-5-7-8-10-15(3,6-2)11-9-12-16(4)13-14-16/h5-12H2,1-4H3. The van der Waals surface area contributed by atoms with Crippen molar-refractivity contribution < 1.29 is 0 Å². The zero-order chi connectivity index (χ0) is 12.1. The second kappa shape index (κ2) is 5.76. The Bertz CT molecular complexity index is 257. The van der Waals surface area contributed by atoms with Gasteiger partial charge in [-0.15, -0.1) is 0 Å². The Morgan fingerprint density at radius 1 is 1.00 bits per heavy atom. The van der Waals surface area contributed by atoms with Crippen LogP contribution in [0.2, 0.25) is 0 Å². The third-order valence-electron chi connectivity index (χ3n) is 4.25. The molecule has 0 fully saturated rings. The summed E-state index contributed by atoms with van der Waals surface area (Å²) in [7, 11) is 0. The van der Waals surface area contributed by atoms with Gasteiger partial charge in [-0.25, -0.2) is 0 Å². The van der Waals surface area contributed by atoms with Gasteiger partial charge in [0.2, 0.25) is 0 Å². The first kappa shape index (κ1) is 13.6. The molecule has 0 bridgehead atoms. The fourth-order valence-corrected chi connectivity index (χ4v) is 2.38. The van der Waals surface area contributed by atoms with Crippen molar-refractivity contribution in [3.8, 4) is 11.8 Å². The van der Waals surface area contributed by atoms with Gasteiger partial charge >= 0.3 is 0 Å². The molecule has 0 aromatic heterocycles. The third kappa shape index (κ3) is 4.60. The van der Waals surface area contributed by atoms with Crippen molar-refractivity contribution >= 4 is 0 Å². The highest BCUT2D eigenvalue weighted by Gasteiger charge is 2.28. The Labute approximate surface area is 102 Å². The Balaban J connectivity index is 2.17. The number of hydrogen-bond acceptors (Lipinski definition) is 0. The molecule has 0 amide bonds. The largest absolute Gasteiger partial charge is 0.0891 e. The Morgan fingerprint density at radius 3 is 2.12 bits per heavy atom. The minimum atomic E-state index is 0.262. The summed E-state index contributed by atoms with van der Waals surface area (Å²) in [5.41, 5.74) is 0.846. The summed E-state index contributed by atoms with van der Waals surface area (Å²) in [5.74, 6) is 6.43. The van der Waals surface area contributed by atoms with E-state index in [4.69, 9.17) is 0 Å². The van der Waals surface area contributed by atoms with E-state index in [0.717, 1.165) is 0 Å². The highest BCUT2D eigenvalue weighted by Crippen LogP contribution is 2.37. The smallest absolute Gasteiger partial charge is 0.0821 e. The summed E-state index contributed by atoms with van der Waals surface area (Å²) < 4.78 is 0. The van der Waals surface area contributed by atoms with Gasteiger partial charge in [-0.1, -0.05) is 64.7 Å². The third-order valence-corrected chi connectivity index (χ3v) is 4.25. The normalized spacial score (nSPS) is 19.8. The van der Waals surface area contributed by atoms with Crippen LogP contribution in [0.5, 0.6) is 0 Å². The topological polar surface area (TPSA) is 0 Å². The van der Waals surface area contributed by atoms with Gasteiger partial charge in [-0.2, -0.15) is 0 Å². The van der Waals surface area contributed by atoms with Crippen molar-refractivity contribution in [1.29, 1.82) is 0 Å². The van der Waals surface area contributed by atoms with Crippen LogP contribution in [0.15, 0.2) is 0 Å². The van der Waals surface area contributed by atoms with Gasteiger partial charge in [0.05, 0.1) is 5.41 Å². The molecular formula is C16H28. The lowest BCUT2D eigenvalue weighted by Gasteiger charge is -2.28. The highest BCUT2D eigenvalue weighted by atomic mass is 14.3. The Kier molecular flexibility index (Phi) is 4.90. The van der Waals surface area contributed by atoms with Crippen LogP contribution in [0, 0.1) is 22.7 Å². The zero-order valence-electron chi connectivity index (χ0n) is 11.7. The molecule has 92 valence electrons. The molecule has 1 aliphatic rings. The molecule has 0 aromatic carbocycles. The molecule has 0 aromatic rings. The molecule has 1 rings (SSSR count). The van der Waals surface area contributed by atoms with Crippen LogP contribution in [0.25, 0.3) is 0 Å². The van der Waals surface area contributed by atoms with Crippen molar-refractivity contribution in [1.82, 2.24) is 0 Å². The van der Waals surface area contributed by atoms with Crippen molar-refractivity contribution in [2.24, 2.45) is 10.8 Å². The lowest BCUT2D eigenvalue weighted by molar-refractivity contribution is 0.238. The second-order valence-corrected chi connectivity index (χ2v) is 6.06. The maximum Gasteiger partial charge on any atom is 0.0891 e. The lowest BCUT2D eigenvalue weighted by Crippen LogP contribution is -2.16. The summed E-state index contributed by atoms with van der Waals surface area (Å²) in [6, 6.07) is 0. The van der Waals surface area contributed by atoms with Crippen molar-refractivity contribution in [2.75, 3.05) is 0 Å². The predicted octanol–water partition coefficient (Wildman–Crippen LogP) is 5.18. The molecule has 1 unspecified atom stereocenters. The zero-order valence-corrected chi connectivity index (χ0v) is 11.7. The van der Waals surface area contributed by atoms with E-state index in [0.29, 0.717) is 5.41 Å². The number of hydrogen-bond donors (Lipinski definition) is 0. The molecule has 0 saturated heterocycles. The van der Waals surface area contributed by atoms with E-state index in [1.54, 1.807) is 0 Å². The lowest BCUT2D eigenvalue weighted by atomic mass is 9.77. The molecule has 0 heteroatoms. The second-order valence-electron chi connectivity index (χ2n) is 6.06. The summed E-state index contributed by atoms with van der Waals surface area (Å²) in [6.07, 6.45) is 10.9. The van der Waals surface area contributed by atoms with Crippen LogP contribution in [0.1, 0.15) is 79.1 Å². The van der Waals surface area contributed by atoms with Crippen LogP contribution in [-0.4, -0.2) is 0 Å². The van der Waals surface area contributed by atoms with E-state index in [9.17, 15) is 0 Å². The van der Waals surface area contributed by atoms with Crippen LogP contribution in [-0.2, 0) is 0 Å². The van der Waals surface area contributed by atoms with Gasteiger partial charge in [-0.3, -0.25) is 0 Å². The fraction of sp³-hybridized carbons (Fsp3) is 0.875. The quantitative estimate of drug-likeness (QED) is 0.371.